The standard InChI is InChI=1S/C27H41NO9/c1-15(2)13-34-25(33)35-14-16(3)20(21(28)22(29)30)17-10-11-18(36-23(31)26(4,5)6)19(12-17)37-24(32)27(7,8)9/h10-12,15-16,20-21H,13-14,28H2,1-9H3,(H,29,30)/t16?,20?,21-/m0/s1. The van der Waals surface area contributed by atoms with Gasteiger partial charge in [-0.2, -0.15) is 0 Å². The first-order valence-corrected chi connectivity index (χ1v) is 12.2. The van der Waals surface area contributed by atoms with Gasteiger partial charge in [0.15, 0.2) is 11.5 Å². The number of carboxylic acid groups (broad SMARTS) is 1. The van der Waals surface area contributed by atoms with Gasteiger partial charge in [0.2, 0.25) is 0 Å². The fraction of sp³-hybridized carbons (Fsp3) is 0.630. The molecule has 3 N–H and O–H groups in total. The number of ether oxygens (including phenoxy) is 4. The second kappa shape index (κ2) is 12.9. The van der Waals surface area contributed by atoms with E-state index >= 15 is 0 Å². The van der Waals surface area contributed by atoms with Crippen molar-refractivity contribution in [1.29, 1.82) is 0 Å². The van der Waals surface area contributed by atoms with Gasteiger partial charge >= 0.3 is 24.1 Å². The SMILES string of the molecule is CC(C)COC(=O)OCC(C)C(c1ccc(OC(=O)C(C)(C)C)c(OC(=O)C(C)(C)C)c1)[C@H](N)C(=O)O. The first kappa shape index (κ1) is 31.9. The van der Waals surface area contributed by atoms with Gasteiger partial charge < -0.3 is 29.8 Å². The van der Waals surface area contributed by atoms with Gasteiger partial charge in [-0.3, -0.25) is 14.4 Å². The first-order chi connectivity index (χ1) is 16.8. The quantitative estimate of drug-likeness (QED) is 0.330. The summed E-state index contributed by atoms with van der Waals surface area (Å²) in [6.07, 6.45) is -0.868. The van der Waals surface area contributed by atoms with Crippen molar-refractivity contribution in [3.05, 3.63) is 23.8 Å². The molecule has 37 heavy (non-hydrogen) atoms. The zero-order valence-corrected chi connectivity index (χ0v) is 23.2. The van der Waals surface area contributed by atoms with Crippen molar-refractivity contribution in [2.45, 2.75) is 74.3 Å². The van der Waals surface area contributed by atoms with Gasteiger partial charge in [-0.1, -0.05) is 26.8 Å². The summed E-state index contributed by atoms with van der Waals surface area (Å²) in [6.45, 7) is 15.5. The molecule has 0 aliphatic carbocycles. The average Bonchev–Trinajstić information content (AvgIpc) is 2.76. The monoisotopic (exact) mass is 523 g/mol. The number of aliphatic carboxylic acids is 1. The lowest BCUT2D eigenvalue weighted by atomic mass is 9.82. The Bertz CT molecular complexity index is 973. The van der Waals surface area contributed by atoms with E-state index in [0.29, 0.717) is 5.56 Å². The van der Waals surface area contributed by atoms with Crippen LogP contribution in [0.4, 0.5) is 4.79 Å². The fourth-order valence-electron chi connectivity index (χ4n) is 3.02. The van der Waals surface area contributed by atoms with Crippen molar-refractivity contribution in [2.75, 3.05) is 13.2 Å². The molecule has 0 saturated carbocycles. The Morgan fingerprint density at radius 2 is 1.32 bits per heavy atom. The van der Waals surface area contributed by atoms with Gasteiger partial charge in [-0.05, 0) is 71.1 Å². The lowest BCUT2D eigenvalue weighted by molar-refractivity contribution is -0.145. The van der Waals surface area contributed by atoms with Crippen LogP contribution >= 0.6 is 0 Å². The van der Waals surface area contributed by atoms with E-state index in [9.17, 15) is 24.3 Å². The Hall–Kier alpha value is -3.14. The van der Waals surface area contributed by atoms with E-state index in [4.69, 9.17) is 24.7 Å². The highest BCUT2D eigenvalue weighted by Gasteiger charge is 2.34. The molecular formula is C27H41NO9. The van der Waals surface area contributed by atoms with E-state index in [1.165, 1.54) is 12.1 Å². The number of benzene rings is 1. The van der Waals surface area contributed by atoms with E-state index in [0.717, 1.165) is 0 Å². The minimum Gasteiger partial charge on any atom is -0.480 e. The molecule has 0 fully saturated rings. The van der Waals surface area contributed by atoms with Gasteiger partial charge in [0, 0.05) is 5.92 Å². The third-order valence-electron chi connectivity index (χ3n) is 5.27. The predicted octanol–water partition coefficient (Wildman–Crippen LogP) is 4.53. The van der Waals surface area contributed by atoms with Crippen LogP contribution < -0.4 is 15.2 Å². The molecule has 0 bridgehead atoms. The van der Waals surface area contributed by atoms with E-state index in [1.807, 2.05) is 13.8 Å². The summed E-state index contributed by atoms with van der Waals surface area (Å²) in [6, 6.07) is 3.02. The second-order valence-corrected chi connectivity index (χ2v) is 11.6. The van der Waals surface area contributed by atoms with Crippen LogP contribution in [0.25, 0.3) is 0 Å². The van der Waals surface area contributed by atoms with Crippen LogP contribution in [0, 0.1) is 22.7 Å². The van der Waals surface area contributed by atoms with E-state index < -0.39 is 52.8 Å². The van der Waals surface area contributed by atoms with Gasteiger partial charge in [0.05, 0.1) is 24.0 Å². The fourth-order valence-corrected chi connectivity index (χ4v) is 3.02. The molecule has 1 aromatic carbocycles. The molecule has 0 amide bonds. The van der Waals surface area contributed by atoms with Gasteiger partial charge in [0.1, 0.15) is 6.04 Å². The summed E-state index contributed by atoms with van der Waals surface area (Å²) < 4.78 is 21.3. The summed E-state index contributed by atoms with van der Waals surface area (Å²) >= 11 is 0. The smallest absolute Gasteiger partial charge is 0.480 e. The van der Waals surface area contributed by atoms with Gasteiger partial charge in [0.25, 0.3) is 0 Å². The molecule has 1 rings (SSSR count). The molecule has 0 heterocycles. The highest BCUT2D eigenvalue weighted by molar-refractivity contribution is 5.81. The number of esters is 2. The first-order valence-electron chi connectivity index (χ1n) is 12.2. The Morgan fingerprint density at radius 1 is 0.838 bits per heavy atom. The van der Waals surface area contributed by atoms with Crippen molar-refractivity contribution in [3.63, 3.8) is 0 Å². The Balaban J connectivity index is 3.40. The lowest BCUT2D eigenvalue weighted by Gasteiger charge is -2.28. The molecule has 0 saturated heterocycles. The molecule has 0 aliphatic heterocycles. The average molecular weight is 524 g/mol. The molecule has 1 aromatic rings. The Kier molecular flexibility index (Phi) is 11.1. The molecule has 10 nitrogen and oxygen atoms in total. The minimum absolute atomic E-state index is 0.00471. The Morgan fingerprint density at radius 3 is 1.78 bits per heavy atom. The zero-order chi connectivity index (χ0) is 28.7. The maximum Gasteiger partial charge on any atom is 0.508 e. The van der Waals surface area contributed by atoms with Crippen LogP contribution in [-0.2, 0) is 23.9 Å². The predicted molar refractivity (Wildman–Crippen MR) is 136 cm³/mol. The van der Waals surface area contributed by atoms with Crippen molar-refractivity contribution in [1.82, 2.24) is 0 Å². The summed E-state index contributed by atoms with van der Waals surface area (Å²) in [7, 11) is 0. The number of carbonyl (C=O) groups excluding carboxylic acids is 3. The molecule has 0 radical (unpaired) electrons. The topological polar surface area (TPSA) is 151 Å². The van der Waals surface area contributed by atoms with E-state index in [1.54, 1.807) is 54.5 Å². The summed E-state index contributed by atoms with van der Waals surface area (Å²) in [5, 5.41) is 9.66. The summed E-state index contributed by atoms with van der Waals surface area (Å²) in [5.74, 6) is -3.74. The highest BCUT2D eigenvalue weighted by atomic mass is 16.7. The highest BCUT2D eigenvalue weighted by Crippen LogP contribution is 2.37. The van der Waals surface area contributed by atoms with Crippen LogP contribution in [0.1, 0.15) is 73.8 Å². The number of hydrogen-bond acceptors (Lipinski definition) is 9. The zero-order valence-electron chi connectivity index (χ0n) is 23.2. The maximum absolute atomic E-state index is 12.7. The van der Waals surface area contributed by atoms with Crippen LogP contribution in [0.3, 0.4) is 0 Å². The van der Waals surface area contributed by atoms with Crippen molar-refractivity contribution < 1.29 is 43.2 Å². The van der Waals surface area contributed by atoms with Crippen LogP contribution in [-0.4, -0.2) is 48.4 Å². The summed E-state index contributed by atoms with van der Waals surface area (Å²) in [5.41, 5.74) is 4.74. The molecular weight excluding hydrogens is 482 g/mol. The van der Waals surface area contributed by atoms with Crippen LogP contribution in [0.15, 0.2) is 18.2 Å². The number of carbonyl (C=O) groups is 4. The van der Waals surface area contributed by atoms with Crippen LogP contribution in [0.5, 0.6) is 11.5 Å². The largest absolute Gasteiger partial charge is 0.508 e. The summed E-state index contributed by atoms with van der Waals surface area (Å²) in [4.78, 5) is 48.9. The molecule has 10 heteroatoms. The van der Waals surface area contributed by atoms with Crippen LogP contribution in [0.2, 0.25) is 0 Å². The van der Waals surface area contributed by atoms with E-state index in [-0.39, 0.29) is 30.6 Å². The minimum atomic E-state index is -1.38. The van der Waals surface area contributed by atoms with Crippen molar-refractivity contribution >= 4 is 24.1 Å². The number of rotatable bonds is 10. The Labute approximate surface area is 218 Å². The normalized spacial score (nSPS) is 14.4. The molecule has 3 atom stereocenters. The van der Waals surface area contributed by atoms with Gasteiger partial charge in [-0.15, -0.1) is 0 Å². The molecule has 0 spiro atoms. The molecule has 0 aromatic heterocycles. The third kappa shape index (κ3) is 10.0. The number of hydrogen-bond donors (Lipinski definition) is 2. The third-order valence-corrected chi connectivity index (χ3v) is 5.27. The molecule has 2 unspecified atom stereocenters. The lowest BCUT2D eigenvalue weighted by Crippen LogP contribution is -2.40. The number of carboxylic acids is 1. The van der Waals surface area contributed by atoms with Crippen molar-refractivity contribution in [2.24, 2.45) is 28.4 Å². The maximum atomic E-state index is 12.7. The second-order valence-electron chi connectivity index (χ2n) is 11.6. The van der Waals surface area contributed by atoms with Crippen molar-refractivity contribution in [3.8, 4) is 11.5 Å². The molecule has 0 aliphatic rings. The van der Waals surface area contributed by atoms with Gasteiger partial charge in [-0.25, -0.2) is 4.79 Å². The molecule has 208 valence electrons. The number of nitrogens with two attached hydrogens (primary N) is 1. The van der Waals surface area contributed by atoms with E-state index in [2.05, 4.69) is 0 Å².